The Morgan fingerprint density at radius 2 is 1.77 bits per heavy atom. The van der Waals surface area contributed by atoms with Crippen LogP contribution in [0.25, 0.3) is 0 Å². The number of likely N-dealkylation sites (N-methyl/N-ethyl adjacent to an activating group) is 1. The molecular weight excluding hydrogens is 276 g/mol. The van der Waals surface area contributed by atoms with Gasteiger partial charge in [0.15, 0.2) is 0 Å². The molecule has 22 heavy (non-hydrogen) atoms. The van der Waals surface area contributed by atoms with Crippen molar-refractivity contribution < 1.29 is 4.79 Å². The van der Waals surface area contributed by atoms with Gasteiger partial charge < -0.3 is 15.1 Å². The van der Waals surface area contributed by atoms with E-state index in [2.05, 4.69) is 40.4 Å². The molecule has 0 unspecified atom stereocenters. The quantitative estimate of drug-likeness (QED) is 0.912. The van der Waals surface area contributed by atoms with Gasteiger partial charge in [-0.05, 0) is 24.2 Å². The third-order valence-corrected chi connectivity index (χ3v) is 4.17. The number of hydrogen-bond donors (Lipinski definition) is 1. The summed E-state index contributed by atoms with van der Waals surface area (Å²) in [5, 5.41) is 2.95. The van der Waals surface area contributed by atoms with Gasteiger partial charge in [-0.1, -0.05) is 26.0 Å². The van der Waals surface area contributed by atoms with Gasteiger partial charge in [0.25, 0.3) is 0 Å². The molecule has 1 aromatic carbocycles. The lowest BCUT2D eigenvalue weighted by atomic mass is 10.1. The molecule has 2 aliphatic heterocycles. The maximum absolute atomic E-state index is 11.7. The highest BCUT2D eigenvalue weighted by molar-refractivity contribution is 5.92. The summed E-state index contributed by atoms with van der Waals surface area (Å²) < 4.78 is 0. The highest BCUT2D eigenvalue weighted by atomic mass is 16.2. The van der Waals surface area contributed by atoms with Gasteiger partial charge in [-0.2, -0.15) is 0 Å². The van der Waals surface area contributed by atoms with E-state index in [1.165, 1.54) is 11.1 Å². The molecule has 1 saturated heterocycles. The first-order valence-electron chi connectivity index (χ1n) is 8.16. The second-order valence-corrected chi connectivity index (χ2v) is 5.86. The maximum Gasteiger partial charge on any atom is 0.321 e. The number of carbonyl (C=O) groups is 1. The number of fused-ring (bicyclic) bond motifs is 1. The van der Waals surface area contributed by atoms with Crippen molar-refractivity contribution in [3.8, 4) is 0 Å². The van der Waals surface area contributed by atoms with E-state index >= 15 is 0 Å². The molecule has 5 heteroatoms. The molecule has 3 rings (SSSR count). The predicted molar refractivity (Wildman–Crippen MR) is 91.0 cm³/mol. The summed E-state index contributed by atoms with van der Waals surface area (Å²) in [5.74, 6) is 0. The summed E-state index contributed by atoms with van der Waals surface area (Å²) in [4.78, 5) is 18.2. The van der Waals surface area contributed by atoms with Crippen LogP contribution in [0.4, 0.5) is 10.5 Å². The van der Waals surface area contributed by atoms with E-state index in [9.17, 15) is 4.79 Å². The summed E-state index contributed by atoms with van der Waals surface area (Å²) in [6.07, 6.45) is 0. The Hall–Kier alpha value is -1.59. The predicted octanol–water partition coefficient (Wildman–Crippen LogP) is 2.44. The van der Waals surface area contributed by atoms with Crippen LogP contribution in [-0.2, 0) is 13.1 Å². The molecule has 1 fully saturated rings. The number of hydrogen-bond acceptors (Lipinski definition) is 3. The second kappa shape index (κ2) is 7.61. The molecule has 0 aromatic heterocycles. The van der Waals surface area contributed by atoms with E-state index in [1.54, 1.807) is 4.90 Å². The Labute approximate surface area is 133 Å². The Morgan fingerprint density at radius 1 is 1.09 bits per heavy atom. The molecule has 1 N–H and O–H groups in total. The molecule has 1 aromatic rings. The molecule has 2 aliphatic rings. The largest absolute Gasteiger partial charge is 0.323 e. The van der Waals surface area contributed by atoms with Gasteiger partial charge in [-0.15, -0.1) is 0 Å². The highest BCUT2D eigenvalue weighted by Crippen LogP contribution is 2.24. The summed E-state index contributed by atoms with van der Waals surface area (Å²) in [5.41, 5.74) is 3.44. The van der Waals surface area contributed by atoms with E-state index in [1.807, 2.05) is 20.9 Å². The number of amides is 2. The van der Waals surface area contributed by atoms with E-state index in [0.29, 0.717) is 6.54 Å². The molecule has 0 bridgehead atoms. The lowest BCUT2D eigenvalue weighted by molar-refractivity contribution is 0.148. The fourth-order valence-corrected chi connectivity index (χ4v) is 2.78. The number of piperazine rings is 1. The minimum atomic E-state index is -0.0192. The Morgan fingerprint density at radius 3 is 2.45 bits per heavy atom. The molecule has 0 atom stereocenters. The van der Waals surface area contributed by atoms with E-state index < -0.39 is 0 Å². The first-order valence-corrected chi connectivity index (χ1v) is 8.16. The van der Waals surface area contributed by atoms with Gasteiger partial charge in [0.2, 0.25) is 0 Å². The number of rotatable bonds is 2. The van der Waals surface area contributed by atoms with Crippen LogP contribution < -0.4 is 5.32 Å². The van der Waals surface area contributed by atoms with Gasteiger partial charge >= 0.3 is 6.03 Å². The summed E-state index contributed by atoms with van der Waals surface area (Å²) in [6, 6.07) is 6.42. The van der Waals surface area contributed by atoms with Gasteiger partial charge in [0, 0.05) is 52.0 Å². The SMILES string of the molecule is CC.CN1CCN(Cc2ccc3c(c2)NC(=O)N(C)C3)CC1. The first kappa shape index (κ1) is 16.8. The van der Waals surface area contributed by atoms with Crippen molar-refractivity contribution in [2.24, 2.45) is 0 Å². The summed E-state index contributed by atoms with van der Waals surface area (Å²) in [6.45, 7) is 10.1. The Kier molecular flexibility index (Phi) is 5.80. The zero-order chi connectivity index (χ0) is 16.1. The number of carbonyl (C=O) groups excluding carboxylic acids is 1. The summed E-state index contributed by atoms with van der Waals surface area (Å²) >= 11 is 0. The van der Waals surface area contributed by atoms with Crippen molar-refractivity contribution in [2.75, 3.05) is 45.6 Å². The third-order valence-electron chi connectivity index (χ3n) is 4.17. The minimum absolute atomic E-state index is 0.0192. The lowest BCUT2D eigenvalue weighted by Gasteiger charge is -2.32. The zero-order valence-corrected chi connectivity index (χ0v) is 14.2. The normalized spacial score (nSPS) is 19.1. The third kappa shape index (κ3) is 3.99. The fraction of sp³-hybridized carbons (Fsp3) is 0.588. The topological polar surface area (TPSA) is 38.8 Å². The number of urea groups is 1. The Balaban J connectivity index is 0.000000847. The van der Waals surface area contributed by atoms with Gasteiger partial charge in [0.1, 0.15) is 0 Å². The van der Waals surface area contributed by atoms with Crippen LogP contribution >= 0.6 is 0 Å². The number of nitrogens with zero attached hydrogens (tertiary/aromatic N) is 3. The molecule has 2 heterocycles. The van der Waals surface area contributed by atoms with E-state index in [0.717, 1.165) is 38.4 Å². The molecule has 0 radical (unpaired) electrons. The van der Waals surface area contributed by atoms with Crippen LogP contribution in [0.15, 0.2) is 18.2 Å². The molecule has 122 valence electrons. The van der Waals surface area contributed by atoms with Gasteiger partial charge in [-0.3, -0.25) is 4.90 Å². The van der Waals surface area contributed by atoms with Crippen LogP contribution in [0.5, 0.6) is 0 Å². The van der Waals surface area contributed by atoms with Crippen LogP contribution in [0.1, 0.15) is 25.0 Å². The number of benzene rings is 1. The fourth-order valence-electron chi connectivity index (χ4n) is 2.78. The number of anilines is 1. The van der Waals surface area contributed by atoms with Crippen LogP contribution in [0.3, 0.4) is 0 Å². The molecule has 5 nitrogen and oxygen atoms in total. The van der Waals surface area contributed by atoms with Gasteiger partial charge in [-0.25, -0.2) is 4.79 Å². The van der Waals surface area contributed by atoms with Crippen molar-refractivity contribution in [1.29, 1.82) is 0 Å². The van der Waals surface area contributed by atoms with E-state index in [4.69, 9.17) is 0 Å². The van der Waals surface area contributed by atoms with Crippen molar-refractivity contribution in [1.82, 2.24) is 14.7 Å². The molecule has 0 spiro atoms. The average molecular weight is 304 g/mol. The standard InChI is InChI=1S/C15H22N4O.C2H6/c1-17-5-7-19(8-6-17)10-12-3-4-13-11-18(2)15(20)16-14(13)9-12;1-2/h3-4,9H,5-8,10-11H2,1-2H3,(H,16,20);1-2H3. The lowest BCUT2D eigenvalue weighted by Crippen LogP contribution is -2.43. The second-order valence-electron chi connectivity index (χ2n) is 5.86. The first-order chi connectivity index (χ1) is 10.6. The van der Waals surface area contributed by atoms with Crippen molar-refractivity contribution in [2.45, 2.75) is 26.9 Å². The van der Waals surface area contributed by atoms with Crippen molar-refractivity contribution >= 4 is 11.7 Å². The van der Waals surface area contributed by atoms with Crippen LogP contribution in [-0.4, -0.2) is 61.0 Å². The van der Waals surface area contributed by atoms with E-state index in [-0.39, 0.29) is 6.03 Å². The Bertz CT molecular complexity index is 509. The minimum Gasteiger partial charge on any atom is -0.323 e. The highest BCUT2D eigenvalue weighted by Gasteiger charge is 2.20. The molecule has 0 aliphatic carbocycles. The molecule has 2 amide bonds. The molecular formula is C17H28N4O. The monoisotopic (exact) mass is 304 g/mol. The van der Waals surface area contributed by atoms with Gasteiger partial charge in [0.05, 0.1) is 0 Å². The zero-order valence-electron chi connectivity index (χ0n) is 14.2. The van der Waals surface area contributed by atoms with Crippen molar-refractivity contribution in [3.63, 3.8) is 0 Å². The smallest absolute Gasteiger partial charge is 0.321 e. The van der Waals surface area contributed by atoms with Crippen molar-refractivity contribution in [3.05, 3.63) is 29.3 Å². The number of nitrogens with one attached hydrogen (secondary N) is 1. The molecule has 0 saturated carbocycles. The average Bonchev–Trinajstić information content (AvgIpc) is 2.53. The maximum atomic E-state index is 11.7. The summed E-state index contributed by atoms with van der Waals surface area (Å²) in [7, 11) is 3.98. The van der Waals surface area contributed by atoms with Crippen LogP contribution in [0, 0.1) is 0 Å². The van der Waals surface area contributed by atoms with Crippen LogP contribution in [0.2, 0.25) is 0 Å².